The molecule has 10 heteroatoms. The summed E-state index contributed by atoms with van der Waals surface area (Å²) in [6.07, 6.45) is 1.73. The zero-order chi connectivity index (χ0) is 18.0. The molecule has 0 spiro atoms. The van der Waals surface area contributed by atoms with E-state index in [-0.39, 0.29) is 4.90 Å². The van der Waals surface area contributed by atoms with Gasteiger partial charge >= 0.3 is 0 Å². The lowest BCUT2D eigenvalue weighted by atomic mass is 10.3. The normalized spacial score (nSPS) is 12.3. The molecule has 0 bridgehead atoms. The minimum absolute atomic E-state index is 0.177. The van der Waals surface area contributed by atoms with Crippen LogP contribution in [0.4, 0.5) is 0 Å². The maximum absolute atomic E-state index is 12.2. The van der Waals surface area contributed by atoms with Crippen molar-refractivity contribution >= 4 is 32.9 Å². The van der Waals surface area contributed by atoms with Crippen LogP contribution in [0.5, 0.6) is 0 Å². The molecule has 3 rings (SSSR count). The molecule has 0 aliphatic heterocycles. The molecule has 1 aromatic carbocycles. The van der Waals surface area contributed by atoms with Gasteiger partial charge in [0.25, 0.3) is 5.22 Å². The lowest BCUT2D eigenvalue weighted by Gasteiger charge is -2.10. The molecule has 0 saturated heterocycles. The van der Waals surface area contributed by atoms with E-state index in [0.717, 1.165) is 17.1 Å². The van der Waals surface area contributed by atoms with Gasteiger partial charge < -0.3 is 8.94 Å². The van der Waals surface area contributed by atoms with Crippen LogP contribution in [0.2, 0.25) is 0 Å². The fraction of sp³-hybridized carbons (Fsp3) is 0.400. The van der Waals surface area contributed by atoms with Crippen molar-refractivity contribution in [3.63, 3.8) is 0 Å². The van der Waals surface area contributed by atoms with Gasteiger partial charge in [0, 0.05) is 20.5 Å². The predicted octanol–water partition coefficient (Wildman–Crippen LogP) is 2.71. The van der Waals surface area contributed by atoms with Gasteiger partial charge in [0.05, 0.1) is 10.6 Å². The second-order valence-electron chi connectivity index (χ2n) is 5.54. The highest BCUT2D eigenvalue weighted by Gasteiger charge is 2.19. The zero-order valence-corrected chi connectivity index (χ0v) is 15.7. The third kappa shape index (κ3) is 3.86. The van der Waals surface area contributed by atoms with Gasteiger partial charge in [0.2, 0.25) is 15.9 Å². The fourth-order valence-corrected chi connectivity index (χ4v) is 3.71. The van der Waals surface area contributed by atoms with Crippen molar-refractivity contribution in [1.29, 1.82) is 0 Å². The number of thioether (sulfide) groups is 1. The van der Waals surface area contributed by atoms with Crippen LogP contribution in [0.3, 0.4) is 0 Å². The van der Waals surface area contributed by atoms with Crippen molar-refractivity contribution in [3.05, 3.63) is 29.9 Å². The van der Waals surface area contributed by atoms with Crippen LogP contribution in [0.25, 0.3) is 11.1 Å². The highest BCUT2D eigenvalue weighted by molar-refractivity contribution is 7.98. The van der Waals surface area contributed by atoms with Crippen LogP contribution in [0.15, 0.2) is 37.3 Å². The summed E-state index contributed by atoms with van der Waals surface area (Å²) in [5, 5.41) is 4.32. The van der Waals surface area contributed by atoms with Crippen LogP contribution in [0, 0.1) is 0 Å². The van der Waals surface area contributed by atoms with Crippen LogP contribution in [0.1, 0.15) is 25.1 Å². The van der Waals surface area contributed by atoms with Gasteiger partial charge in [-0.1, -0.05) is 23.8 Å². The number of nitrogens with zero attached hydrogens (tertiary/aromatic N) is 4. The Morgan fingerprint density at radius 2 is 2.04 bits per heavy atom. The summed E-state index contributed by atoms with van der Waals surface area (Å²) >= 11 is 1.32. The lowest BCUT2D eigenvalue weighted by Crippen LogP contribution is -2.22. The van der Waals surface area contributed by atoms with Gasteiger partial charge in [0.1, 0.15) is 5.52 Å². The second-order valence-corrected chi connectivity index (χ2v) is 8.62. The Morgan fingerprint density at radius 3 is 2.76 bits per heavy atom. The van der Waals surface area contributed by atoms with Crippen molar-refractivity contribution in [1.82, 2.24) is 19.4 Å². The van der Waals surface area contributed by atoms with Crippen molar-refractivity contribution in [2.45, 2.75) is 35.6 Å². The van der Waals surface area contributed by atoms with Gasteiger partial charge in [-0.15, -0.1) is 0 Å². The molecule has 0 fully saturated rings. The summed E-state index contributed by atoms with van der Waals surface area (Å²) in [7, 11) is -0.532. The Morgan fingerprint density at radius 1 is 1.24 bits per heavy atom. The van der Waals surface area contributed by atoms with Gasteiger partial charge in [-0.05, 0) is 24.6 Å². The number of rotatable bonds is 7. The highest BCUT2D eigenvalue weighted by Crippen LogP contribution is 2.27. The molecule has 0 atom stereocenters. The zero-order valence-electron chi connectivity index (χ0n) is 14.1. The van der Waals surface area contributed by atoms with E-state index in [9.17, 15) is 8.42 Å². The Hall–Kier alpha value is -1.91. The first-order valence-electron chi connectivity index (χ1n) is 7.67. The average Bonchev–Trinajstić information content (AvgIpc) is 3.18. The molecule has 0 aliphatic carbocycles. The third-order valence-electron chi connectivity index (χ3n) is 3.42. The average molecular weight is 382 g/mol. The van der Waals surface area contributed by atoms with E-state index < -0.39 is 10.0 Å². The summed E-state index contributed by atoms with van der Waals surface area (Å²) in [5.41, 5.74) is 1.01. The smallest absolute Gasteiger partial charge is 0.257 e. The second kappa shape index (κ2) is 7.14. The molecule has 2 heterocycles. The highest BCUT2D eigenvalue weighted by atomic mass is 32.2. The molecule has 0 saturated carbocycles. The van der Waals surface area contributed by atoms with E-state index in [4.69, 9.17) is 8.94 Å². The van der Waals surface area contributed by atoms with Crippen molar-refractivity contribution in [2.24, 2.45) is 0 Å². The number of hydrogen-bond acceptors (Lipinski definition) is 8. The van der Waals surface area contributed by atoms with Crippen LogP contribution < -0.4 is 0 Å². The minimum atomic E-state index is -3.51. The molecule has 0 aliphatic rings. The SMILES string of the molecule is CCCc1noc(CSc2nc3cc(S(=O)(=O)N(C)C)ccc3o2)n1. The van der Waals surface area contributed by atoms with Crippen molar-refractivity contribution in [3.8, 4) is 0 Å². The molecule has 2 aromatic heterocycles. The first-order chi connectivity index (χ1) is 11.9. The largest absolute Gasteiger partial charge is 0.431 e. The standard InChI is InChI=1S/C15H18N4O4S2/c1-4-5-13-17-14(23-18-13)9-24-15-16-11-8-10(6-7-12(11)22-15)25(20,21)19(2)3/h6-8H,4-5,9H2,1-3H3. The summed E-state index contributed by atoms with van der Waals surface area (Å²) in [6, 6.07) is 4.62. The van der Waals surface area contributed by atoms with Crippen LogP contribution >= 0.6 is 11.8 Å². The number of aromatic nitrogens is 3. The first kappa shape index (κ1) is 17.9. The molecular formula is C15H18N4O4S2. The summed E-state index contributed by atoms with van der Waals surface area (Å²) in [4.78, 5) is 8.79. The van der Waals surface area contributed by atoms with Crippen LogP contribution in [-0.4, -0.2) is 41.9 Å². The molecule has 0 amide bonds. The molecule has 25 heavy (non-hydrogen) atoms. The Balaban J connectivity index is 1.77. The number of aryl methyl sites for hydroxylation is 1. The van der Waals surface area contributed by atoms with Crippen LogP contribution in [-0.2, 0) is 22.2 Å². The van der Waals surface area contributed by atoms with E-state index in [1.807, 2.05) is 6.92 Å². The minimum Gasteiger partial charge on any atom is -0.431 e. The van der Waals surface area contributed by atoms with Gasteiger partial charge in [-0.25, -0.2) is 17.7 Å². The lowest BCUT2D eigenvalue weighted by molar-refractivity contribution is 0.384. The summed E-state index contributed by atoms with van der Waals surface area (Å²) in [6.45, 7) is 2.05. The number of oxazole rings is 1. The number of hydrogen-bond donors (Lipinski definition) is 0. The molecule has 0 unspecified atom stereocenters. The number of fused-ring (bicyclic) bond motifs is 1. The van der Waals surface area contributed by atoms with E-state index in [1.54, 1.807) is 6.07 Å². The maximum atomic E-state index is 12.2. The first-order valence-corrected chi connectivity index (χ1v) is 10.1. The summed E-state index contributed by atoms with van der Waals surface area (Å²) in [5.74, 6) is 1.63. The molecule has 8 nitrogen and oxygen atoms in total. The van der Waals surface area contributed by atoms with E-state index in [1.165, 1.54) is 38.0 Å². The quantitative estimate of drug-likeness (QED) is 0.575. The number of sulfonamides is 1. The predicted molar refractivity (Wildman–Crippen MR) is 92.7 cm³/mol. The van der Waals surface area contributed by atoms with E-state index in [0.29, 0.717) is 33.8 Å². The van der Waals surface area contributed by atoms with Gasteiger partial charge in [0.15, 0.2) is 11.4 Å². The molecule has 134 valence electrons. The molecule has 3 aromatic rings. The maximum Gasteiger partial charge on any atom is 0.257 e. The van der Waals surface area contributed by atoms with Gasteiger partial charge in [-0.3, -0.25) is 0 Å². The summed E-state index contributed by atoms with van der Waals surface area (Å²) < 4.78 is 36.3. The fourth-order valence-electron chi connectivity index (χ4n) is 2.12. The Bertz CT molecular complexity index is 979. The monoisotopic (exact) mass is 382 g/mol. The third-order valence-corrected chi connectivity index (χ3v) is 6.04. The molecular weight excluding hydrogens is 364 g/mol. The Labute approximate surface area is 149 Å². The van der Waals surface area contributed by atoms with E-state index >= 15 is 0 Å². The van der Waals surface area contributed by atoms with Gasteiger partial charge in [-0.2, -0.15) is 4.98 Å². The van der Waals surface area contributed by atoms with Crippen molar-refractivity contribution in [2.75, 3.05) is 14.1 Å². The molecule has 0 N–H and O–H groups in total. The topological polar surface area (TPSA) is 102 Å². The van der Waals surface area contributed by atoms with E-state index in [2.05, 4.69) is 15.1 Å². The number of benzene rings is 1. The molecule has 0 radical (unpaired) electrons. The Kier molecular flexibility index (Phi) is 5.11. The van der Waals surface area contributed by atoms with Crippen molar-refractivity contribution < 1.29 is 17.4 Å².